The molecule has 158 valence electrons. The topological polar surface area (TPSA) is 80.8 Å². The third-order valence-corrected chi connectivity index (χ3v) is 7.80. The van der Waals surface area contributed by atoms with Crippen molar-refractivity contribution in [3.63, 3.8) is 0 Å². The molecule has 6 heteroatoms. The van der Waals surface area contributed by atoms with Gasteiger partial charge in [-0.3, -0.25) is 24.1 Å². The summed E-state index contributed by atoms with van der Waals surface area (Å²) in [6.07, 6.45) is 5.65. The van der Waals surface area contributed by atoms with Crippen molar-refractivity contribution >= 4 is 23.6 Å². The number of hydrogen-bond acceptors (Lipinski definition) is 5. The number of Topliss-reactive ketones (excluding diaryl/α,β-unsaturated/α-hetero) is 1. The number of benzene rings is 1. The number of likely N-dealkylation sites (tertiary alicyclic amines) is 1. The first-order chi connectivity index (χ1) is 14.5. The summed E-state index contributed by atoms with van der Waals surface area (Å²) < 4.78 is 5.26. The third-order valence-electron chi connectivity index (χ3n) is 7.80. The van der Waals surface area contributed by atoms with Crippen LogP contribution in [0.15, 0.2) is 30.3 Å². The van der Waals surface area contributed by atoms with Gasteiger partial charge in [0, 0.05) is 11.6 Å². The minimum Gasteiger partial charge on any atom is -0.457 e. The molecule has 2 amide bonds. The molecule has 30 heavy (non-hydrogen) atoms. The zero-order valence-corrected chi connectivity index (χ0v) is 17.0. The van der Waals surface area contributed by atoms with E-state index < -0.39 is 0 Å². The summed E-state index contributed by atoms with van der Waals surface area (Å²) in [5, 5.41) is 0. The number of amides is 2. The largest absolute Gasteiger partial charge is 0.457 e. The van der Waals surface area contributed by atoms with Crippen LogP contribution < -0.4 is 0 Å². The highest BCUT2D eigenvalue weighted by Crippen LogP contribution is 2.56. The second-order valence-corrected chi connectivity index (χ2v) is 9.33. The van der Waals surface area contributed by atoms with E-state index in [2.05, 4.69) is 0 Å². The summed E-state index contributed by atoms with van der Waals surface area (Å²) in [6, 6.07) is 8.69. The molecule has 6 nitrogen and oxygen atoms in total. The first kappa shape index (κ1) is 19.5. The maximum absolute atomic E-state index is 13.0. The highest BCUT2D eigenvalue weighted by Gasteiger charge is 2.61. The van der Waals surface area contributed by atoms with E-state index in [0.29, 0.717) is 43.1 Å². The van der Waals surface area contributed by atoms with Crippen molar-refractivity contribution in [1.82, 2.24) is 4.90 Å². The van der Waals surface area contributed by atoms with Gasteiger partial charge in [-0.2, -0.15) is 0 Å². The molecule has 0 radical (unpaired) electrons. The van der Waals surface area contributed by atoms with E-state index in [1.54, 1.807) is 29.2 Å². The lowest BCUT2D eigenvalue weighted by atomic mass is 9.81. The van der Waals surface area contributed by atoms with E-state index in [1.807, 2.05) is 6.07 Å². The van der Waals surface area contributed by atoms with Gasteiger partial charge in [0.15, 0.2) is 12.4 Å². The fourth-order valence-electron chi connectivity index (χ4n) is 6.32. The van der Waals surface area contributed by atoms with Crippen LogP contribution in [0.3, 0.4) is 0 Å². The molecule has 0 unspecified atom stereocenters. The number of imide groups is 1. The molecule has 1 aromatic rings. The Kier molecular flexibility index (Phi) is 4.95. The highest BCUT2D eigenvalue weighted by atomic mass is 16.5. The lowest BCUT2D eigenvalue weighted by molar-refractivity contribution is -0.149. The predicted octanol–water partition coefficient (Wildman–Crippen LogP) is 3.00. The van der Waals surface area contributed by atoms with Crippen molar-refractivity contribution in [2.45, 2.75) is 51.0 Å². The molecule has 4 aliphatic rings. The first-order valence-electron chi connectivity index (χ1n) is 11.2. The normalized spacial score (nSPS) is 34.9. The van der Waals surface area contributed by atoms with Crippen molar-refractivity contribution in [3.8, 4) is 0 Å². The predicted molar refractivity (Wildman–Crippen MR) is 107 cm³/mol. The van der Waals surface area contributed by atoms with Crippen LogP contribution in [0.5, 0.6) is 0 Å². The monoisotopic (exact) mass is 409 g/mol. The van der Waals surface area contributed by atoms with Crippen molar-refractivity contribution < 1.29 is 23.9 Å². The smallest absolute Gasteiger partial charge is 0.309 e. The van der Waals surface area contributed by atoms with Crippen LogP contribution in [-0.2, 0) is 19.1 Å². The number of nitrogens with zero attached hydrogens (tertiary/aromatic N) is 1. The maximum Gasteiger partial charge on any atom is 0.309 e. The molecular weight excluding hydrogens is 382 g/mol. The Morgan fingerprint density at radius 3 is 2.07 bits per heavy atom. The van der Waals surface area contributed by atoms with E-state index in [0.717, 1.165) is 19.3 Å². The molecule has 5 rings (SSSR count). The minimum absolute atomic E-state index is 0.0386. The van der Waals surface area contributed by atoms with E-state index >= 15 is 0 Å². The molecule has 3 aliphatic carbocycles. The van der Waals surface area contributed by atoms with Gasteiger partial charge in [-0.1, -0.05) is 30.3 Å². The van der Waals surface area contributed by atoms with Crippen LogP contribution in [0.1, 0.15) is 55.3 Å². The second-order valence-electron chi connectivity index (χ2n) is 9.33. The summed E-state index contributed by atoms with van der Waals surface area (Å²) in [6.45, 7) is -0.252. The Hall–Kier alpha value is -2.50. The van der Waals surface area contributed by atoms with Crippen molar-refractivity contribution in [1.29, 1.82) is 0 Å². The summed E-state index contributed by atoms with van der Waals surface area (Å²) in [7, 11) is 0. The SMILES string of the molecule is O=C(COC(=O)C1CCC(N2C(=O)[C@@H]3[C@H]4CC[C@@H](C4)[C@H]3C2=O)CC1)c1ccccc1. The van der Waals surface area contributed by atoms with Gasteiger partial charge in [-0.05, 0) is 56.8 Å². The Labute approximate surface area is 175 Å². The van der Waals surface area contributed by atoms with Gasteiger partial charge in [-0.15, -0.1) is 0 Å². The fraction of sp³-hybridized carbons (Fsp3) is 0.583. The van der Waals surface area contributed by atoms with Gasteiger partial charge in [0.05, 0.1) is 17.8 Å². The molecular formula is C24H27NO5. The molecule has 0 N–H and O–H groups in total. The molecule has 1 aromatic carbocycles. The number of esters is 1. The molecule has 4 fully saturated rings. The van der Waals surface area contributed by atoms with Crippen LogP contribution in [0.2, 0.25) is 0 Å². The minimum atomic E-state index is -0.355. The zero-order valence-electron chi connectivity index (χ0n) is 17.0. The maximum atomic E-state index is 13.0. The summed E-state index contributed by atoms with van der Waals surface area (Å²) in [5.74, 6) is -0.129. The Morgan fingerprint density at radius 2 is 1.47 bits per heavy atom. The van der Waals surface area contributed by atoms with Crippen molar-refractivity contribution in [3.05, 3.63) is 35.9 Å². The molecule has 1 saturated heterocycles. The van der Waals surface area contributed by atoms with Gasteiger partial charge in [0.25, 0.3) is 0 Å². The Morgan fingerprint density at radius 1 is 0.867 bits per heavy atom. The standard InChI is InChI=1S/C24H27NO5/c26-19(14-4-2-1-3-5-14)13-30-24(29)15-8-10-18(11-9-15)25-22(27)20-16-6-7-17(12-16)21(20)23(25)28/h1-5,15-18,20-21H,6-13H2/t15?,16-,17-,18?,20+,21+/m0/s1. The van der Waals surface area contributed by atoms with Crippen LogP contribution in [-0.4, -0.2) is 41.1 Å². The number of hydrogen-bond donors (Lipinski definition) is 0. The van der Waals surface area contributed by atoms with Gasteiger partial charge in [0.2, 0.25) is 11.8 Å². The lowest BCUT2D eigenvalue weighted by Crippen LogP contribution is -2.44. The van der Waals surface area contributed by atoms with Gasteiger partial charge >= 0.3 is 5.97 Å². The van der Waals surface area contributed by atoms with E-state index in [4.69, 9.17) is 4.74 Å². The average Bonchev–Trinajstić information content (AvgIpc) is 3.46. The first-order valence-corrected chi connectivity index (χ1v) is 11.2. The second kappa shape index (κ2) is 7.64. The number of ether oxygens (including phenoxy) is 1. The summed E-state index contributed by atoms with van der Waals surface area (Å²) in [5.41, 5.74) is 0.527. The number of carbonyl (C=O) groups is 4. The third kappa shape index (κ3) is 3.17. The fourth-order valence-corrected chi connectivity index (χ4v) is 6.32. The number of carbonyl (C=O) groups excluding carboxylic acids is 4. The number of ketones is 1. The Balaban J connectivity index is 1.14. The molecule has 2 bridgehead atoms. The molecule has 1 heterocycles. The van der Waals surface area contributed by atoms with Crippen molar-refractivity contribution in [2.24, 2.45) is 29.6 Å². The quantitative estimate of drug-likeness (QED) is 0.424. The zero-order chi connectivity index (χ0) is 20.8. The van der Waals surface area contributed by atoms with Crippen LogP contribution >= 0.6 is 0 Å². The summed E-state index contributed by atoms with van der Waals surface area (Å²) in [4.78, 5) is 52.1. The van der Waals surface area contributed by atoms with E-state index in [9.17, 15) is 19.2 Å². The van der Waals surface area contributed by atoms with Crippen LogP contribution in [0, 0.1) is 29.6 Å². The molecule has 0 aromatic heterocycles. The lowest BCUT2D eigenvalue weighted by Gasteiger charge is -2.33. The van der Waals surface area contributed by atoms with Crippen molar-refractivity contribution in [2.75, 3.05) is 6.61 Å². The molecule has 1 aliphatic heterocycles. The van der Waals surface area contributed by atoms with Crippen LogP contribution in [0.25, 0.3) is 0 Å². The number of rotatable bonds is 5. The van der Waals surface area contributed by atoms with E-state index in [1.165, 1.54) is 0 Å². The van der Waals surface area contributed by atoms with E-state index in [-0.39, 0.29) is 54.0 Å². The average molecular weight is 409 g/mol. The summed E-state index contributed by atoms with van der Waals surface area (Å²) >= 11 is 0. The molecule has 3 saturated carbocycles. The highest BCUT2D eigenvalue weighted by molar-refractivity contribution is 6.06. The number of fused-ring (bicyclic) bond motifs is 5. The molecule has 4 atom stereocenters. The van der Waals surface area contributed by atoms with Gasteiger partial charge < -0.3 is 4.74 Å². The molecule has 0 spiro atoms. The van der Waals surface area contributed by atoms with Gasteiger partial charge in [0.1, 0.15) is 0 Å². The Bertz CT molecular complexity index is 845. The van der Waals surface area contributed by atoms with Crippen LogP contribution in [0.4, 0.5) is 0 Å². The van der Waals surface area contributed by atoms with Gasteiger partial charge in [-0.25, -0.2) is 0 Å².